The zero-order valence-corrected chi connectivity index (χ0v) is 13.3. The van der Waals surface area contributed by atoms with Gasteiger partial charge in [-0.15, -0.1) is 0 Å². The van der Waals surface area contributed by atoms with Crippen molar-refractivity contribution < 1.29 is 14.5 Å². The largest absolute Gasteiger partial charge is 0.402 e. The number of esters is 1. The van der Waals surface area contributed by atoms with Gasteiger partial charge < -0.3 is 4.74 Å². The summed E-state index contributed by atoms with van der Waals surface area (Å²) in [5, 5.41) is 11.0. The van der Waals surface area contributed by atoms with Crippen molar-refractivity contribution in [3.63, 3.8) is 0 Å². The molecule has 2 aromatic rings. The number of cyclic esters (lactones) is 1. The van der Waals surface area contributed by atoms with Crippen LogP contribution in [0, 0.1) is 17.0 Å². The summed E-state index contributed by atoms with van der Waals surface area (Å²) in [6.45, 7) is 1.96. The van der Waals surface area contributed by atoms with Crippen molar-refractivity contribution >= 4 is 35.2 Å². The molecule has 0 atom stereocenters. The standard InChI is InChI=1S/C17H11ClN2O4/c1-10-2-4-11(5-3-10)8-14-17(21)24-16(19-14)12-6-7-13(18)15(9-12)20(22)23/h2-9H,1H3/b14-8+. The van der Waals surface area contributed by atoms with E-state index in [1.165, 1.54) is 18.2 Å². The van der Waals surface area contributed by atoms with Crippen LogP contribution in [0.4, 0.5) is 5.69 Å². The van der Waals surface area contributed by atoms with E-state index < -0.39 is 10.9 Å². The second kappa shape index (κ2) is 6.25. The van der Waals surface area contributed by atoms with E-state index in [0.29, 0.717) is 5.56 Å². The van der Waals surface area contributed by atoms with Gasteiger partial charge in [-0.05, 0) is 30.7 Å². The van der Waals surface area contributed by atoms with Gasteiger partial charge in [0.25, 0.3) is 5.69 Å². The van der Waals surface area contributed by atoms with Crippen LogP contribution in [-0.2, 0) is 9.53 Å². The van der Waals surface area contributed by atoms with Gasteiger partial charge in [-0.2, -0.15) is 0 Å². The first-order valence-corrected chi connectivity index (χ1v) is 7.35. The highest BCUT2D eigenvalue weighted by atomic mass is 35.5. The van der Waals surface area contributed by atoms with Crippen LogP contribution < -0.4 is 0 Å². The summed E-state index contributed by atoms with van der Waals surface area (Å²) in [7, 11) is 0. The second-order valence-electron chi connectivity index (χ2n) is 5.17. The fourth-order valence-corrected chi connectivity index (χ4v) is 2.33. The van der Waals surface area contributed by atoms with Crippen LogP contribution >= 0.6 is 11.6 Å². The summed E-state index contributed by atoms with van der Waals surface area (Å²) in [6.07, 6.45) is 1.60. The third kappa shape index (κ3) is 3.18. The van der Waals surface area contributed by atoms with Crippen molar-refractivity contribution in [2.45, 2.75) is 6.92 Å². The van der Waals surface area contributed by atoms with Gasteiger partial charge >= 0.3 is 5.97 Å². The van der Waals surface area contributed by atoms with Crippen LogP contribution in [-0.4, -0.2) is 16.8 Å². The molecule has 2 aromatic carbocycles. The van der Waals surface area contributed by atoms with Crippen LogP contribution in [0.2, 0.25) is 5.02 Å². The minimum absolute atomic E-state index is 0.00379. The number of benzene rings is 2. The summed E-state index contributed by atoms with van der Waals surface area (Å²) in [5.41, 5.74) is 2.07. The maximum Gasteiger partial charge on any atom is 0.363 e. The fraction of sp³-hybridized carbons (Fsp3) is 0.0588. The van der Waals surface area contributed by atoms with Crippen molar-refractivity contribution in [2.24, 2.45) is 4.99 Å². The Morgan fingerprint density at radius 1 is 1.21 bits per heavy atom. The molecule has 0 aliphatic carbocycles. The highest BCUT2D eigenvalue weighted by Gasteiger charge is 2.26. The number of hydrogen-bond donors (Lipinski definition) is 0. The van der Waals surface area contributed by atoms with Gasteiger partial charge in [0.05, 0.1) is 4.92 Å². The zero-order chi connectivity index (χ0) is 17.3. The SMILES string of the molecule is Cc1ccc(/C=C2/N=C(c3ccc(Cl)c([N+](=O)[O-])c3)OC2=O)cc1. The third-order valence-electron chi connectivity index (χ3n) is 3.39. The number of carbonyl (C=O) groups excluding carboxylic acids is 1. The molecule has 1 aliphatic heterocycles. The van der Waals surface area contributed by atoms with E-state index in [-0.39, 0.29) is 22.3 Å². The molecule has 24 heavy (non-hydrogen) atoms. The van der Waals surface area contributed by atoms with Gasteiger partial charge in [-0.25, -0.2) is 9.79 Å². The van der Waals surface area contributed by atoms with Gasteiger partial charge in [0.2, 0.25) is 5.90 Å². The number of hydrogen-bond acceptors (Lipinski definition) is 5. The van der Waals surface area contributed by atoms with Crippen LogP contribution in [0.25, 0.3) is 6.08 Å². The minimum atomic E-state index is -0.608. The molecule has 0 amide bonds. The highest BCUT2D eigenvalue weighted by Crippen LogP contribution is 2.27. The Labute approximate surface area is 142 Å². The van der Waals surface area contributed by atoms with E-state index in [1.54, 1.807) is 6.08 Å². The molecule has 0 radical (unpaired) electrons. The molecule has 0 saturated carbocycles. The van der Waals surface area contributed by atoms with Crippen LogP contribution in [0.3, 0.4) is 0 Å². The first-order chi connectivity index (χ1) is 11.4. The molecule has 0 unspecified atom stereocenters. The van der Waals surface area contributed by atoms with E-state index in [9.17, 15) is 14.9 Å². The average molecular weight is 343 g/mol. The third-order valence-corrected chi connectivity index (χ3v) is 3.71. The number of rotatable bonds is 3. The Balaban J connectivity index is 1.96. The van der Waals surface area contributed by atoms with Crippen molar-refractivity contribution in [3.8, 4) is 0 Å². The van der Waals surface area contributed by atoms with Gasteiger partial charge in [0.1, 0.15) is 5.02 Å². The summed E-state index contributed by atoms with van der Waals surface area (Å²) < 4.78 is 5.11. The maximum atomic E-state index is 12.0. The maximum absolute atomic E-state index is 12.0. The van der Waals surface area contributed by atoms with Crippen molar-refractivity contribution in [1.82, 2.24) is 0 Å². The van der Waals surface area contributed by atoms with E-state index in [4.69, 9.17) is 16.3 Å². The molecule has 0 fully saturated rings. The molecule has 3 rings (SSSR count). The molecule has 120 valence electrons. The topological polar surface area (TPSA) is 81.8 Å². The molecule has 6 nitrogen and oxygen atoms in total. The fourth-order valence-electron chi connectivity index (χ4n) is 2.14. The van der Waals surface area contributed by atoms with Crippen molar-refractivity contribution in [2.75, 3.05) is 0 Å². The van der Waals surface area contributed by atoms with Crippen molar-refractivity contribution in [3.05, 3.63) is 80.0 Å². The number of nitro benzene ring substituents is 1. The molecular weight excluding hydrogens is 332 g/mol. The zero-order valence-electron chi connectivity index (χ0n) is 12.5. The lowest BCUT2D eigenvalue weighted by molar-refractivity contribution is -0.384. The van der Waals surface area contributed by atoms with Gasteiger partial charge in [-0.3, -0.25) is 10.1 Å². The summed E-state index contributed by atoms with van der Waals surface area (Å²) in [5.74, 6) is -0.596. The minimum Gasteiger partial charge on any atom is -0.402 e. The molecule has 0 N–H and O–H groups in total. The number of aliphatic imine (C=N–C) groups is 1. The number of ether oxygens (including phenoxy) is 1. The summed E-state index contributed by atoms with van der Waals surface area (Å²) in [4.78, 5) is 26.4. The monoisotopic (exact) mass is 342 g/mol. The predicted molar refractivity (Wildman–Crippen MR) is 89.9 cm³/mol. The normalized spacial score (nSPS) is 15.3. The number of carbonyl (C=O) groups is 1. The van der Waals surface area contributed by atoms with Crippen molar-refractivity contribution in [1.29, 1.82) is 0 Å². The number of halogens is 1. The highest BCUT2D eigenvalue weighted by molar-refractivity contribution is 6.32. The Morgan fingerprint density at radius 2 is 1.92 bits per heavy atom. The average Bonchev–Trinajstić information content (AvgIpc) is 2.90. The van der Waals surface area contributed by atoms with Crippen LogP contribution in [0.15, 0.2) is 53.2 Å². The van der Waals surface area contributed by atoms with Gasteiger partial charge in [0.15, 0.2) is 5.70 Å². The van der Waals surface area contributed by atoms with Crippen LogP contribution in [0.1, 0.15) is 16.7 Å². The second-order valence-corrected chi connectivity index (χ2v) is 5.58. The molecular formula is C17H11ClN2O4. The van der Waals surface area contributed by atoms with E-state index in [1.807, 2.05) is 31.2 Å². The molecule has 1 aliphatic rings. The Morgan fingerprint density at radius 3 is 2.58 bits per heavy atom. The van der Waals surface area contributed by atoms with Gasteiger partial charge in [-0.1, -0.05) is 41.4 Å². The van der Waals surface area contributed by atoms with E-state index in [0.717, 1.165) is 11.1 Å². The molecule has 7 heteroatoms. The van der Waals surface area contributed by atoms with Crippen LogP contribution in [0.5, 0.6) is 0 Å². The number of nitro groups is 1. The lowest BCUT2D eigenvalue weighted by Gasteiger charge is -2.00. The smallest absolute Gasteiger partial charge is 0.363 e. The summed E-state index contributed by atoms with van der Waals surface area (Å²) in [6, 6.07) is 11.7. The quantitative estimate of drug-likeness (QED) is 0.366. The molecule has 0 aromatic heterocycles. The molecule has 0 bridgehead atoms. The van der Waals surface area contributed by atoms with E-state index >= 15 is 0 Å². The Hall–Kier alpha value is -2.99. The predicted octanol–water partition coefficient (Wildman–Crippen LogP) is 3.90. The van der Waals surface area contributed by atoms with Gasteiger partial charge in [0, 0.05) is 11.6 Å². The summed E-state index contributed by atoms with van der Waals surface area (Å²) >= 11 is 5.77. The Kier molecular flexibility index (Phi) is 4.14. The lowest BCUT2D eigenvalue weighted by Crippen LogP contribution is -2.06. The Bertz CT molecular complexity index is 901. The van der Waals surface area contributed by atoms with E-state index in [2.05, 4.69) is 4.99 Å². The first-order valence-electron chi connectivity index (χ1n) is 6.97. The molecule has 0 spiro atoms. The number of nitrogens with zero attached hydrogens (tertiary/aromatic N) is 2. The lowest BCUT2D eigenvalue weighted by atomic mass is 10.1. The molecule has 1 heterocycles. The molecule has 0 saturated heterocycles. The number of aryl methyl sites for hydroxylation is 1. The first kappa shape index (κ1) is 15.9.